The lowest BCUT2D eigenvalue weighted by Crippen LogP contribution is -2.35. The Kier molecular flexibility index (Phi) is 18.1. The molecule has 1 aromatic heterocycles. The van der Waals surface area contributed by atoms with Crippen molar-refractivity contribution < 1.29 is 75.3 Å². The molecular formula is C44H58N3O18P3S2. The molecule has 0 amide bonds. The average Bonchev–Trinajstić information content (AvgIpc) is 3.66. The van der Waals surface area contributed by atoms with Crippen molar-refractivity contribution >= 4 is 56.8 Å². The van der Waals surface area contributed by atoms with Crippen LogP contribution in [-0.4, -0.2) is 88.1 Å². The van der Waals surface area contributed by atoms with Gasteiger partial charge in [-0.25, -0.2) is 23.3 Å². The Morgan fingerprint density at radius 1 is 0.971 bits per heavy atom. The second kappa shape index (κ2) is 22.7. The summed E-state index contributed by atoms with van der Waals surface area (Å²) in [6, 6.07) is 9.02. The van der Waals surface area contributed by atoms with Crippen LogP contribution in [0.25, 0.3) is 0 Å². The third-order valence-electron chi connectivity index (χ3n) is 11.9. The number of aryl methyl sites for hydroxylation is 3. The molecule has 21 nitrogen and oxygen atoms in total. The van der Waals surface area contributed by atoms with Crippen LogP contribution in [0.5, 0.6) is 5.75 Å². The van der Waals surface area contributed by atoms with Gasteiger partial charge < -0.3 is 44.2 Å². The fourth-order valence-electron chi connectivity index (χ4n) is 8.54. The Labute approximate surface area is 411 Å². The number of rotatable bonds is 23. The summed E-state index contributed by atoms with van der Waals surface area (Å²) in [6.07, 6.45) is 4.38. The molecule has 1 fully saturated rings. The van der Waals surface area contributed by atoms with Crippen molar-refractivity contribution in [1.82, 2.24) is 14.9 Å². The van der Waals surface area contributed by atoms with Crippen molar-refractivity contribution in [3.63, 3.8) is 0 Å². The van der Waals surface area contributed by atoms with E-state index < -0.39 is 76.4 Å². The number of phosphoric acid groups is 3. The van der Waals surface area contributed by atoms with Gasteiger partial charge in [-0.15, -0.1) is 0 Å². The minimum atomic E-state index is -5.81. The SMILES string of the molecule is CCCc1cc2c(cc1C)C(c1ccc(C(=O)CCC(C)(C)SSCOC3C[C@H](n4cc(C)c(=O)[nH]c4=O)O[C@@H]3COP(=O)(O)OP(=O)(O)OP(=O)(O)O)cc1C(=O)O)C1C=C(C)C(NCC)C=C1O2. The number of ketones is 1. The van der Waals surface area contributed by atoms with E-state index in [1.165, 1.54) is 40.8 Å². The molecule has 2 aromatic carbocycles. The maximum atomic E-state index is 13.8. The van der Waals surface area contributed by atoms with Gasteiger partial charge in [0.25, 0.3) is 5.56 Å². The van der Waals surface area contributed by atoms with Crippen LogP contribution in [0.1, 0.15) is 121 Å². The summed E-state index contributed by atoms with van der Waals surface area (Å²) in [5.74, 6) is -0.696. The topological polar surface area (TPSA) is 309 Å². The van der Waals surface area contributed by atoms with Gasteiger partial charge in [0.2, 0.25) is 0 Å². The third kappa shape index (κ3) is 14.2. The normalized spacial score (nSPS) is 23.0. The molecule has 0 radical (unpaired) electrons. The molecule has 0 spiro atoms. The zero-order valence-corrected chi connectivity index (χ0v) is 43.7. The molecule has 3 aromatic rings. The minimum Gasteiger partial charge on any atom is -0.478 e. The van der Waals surface area contributed by atoms with Gasteiger partial charge in [-0.05, 0) is 88.9 Å². The molecule has 3 heterocycles. The number of carboxylic acid groups (broad SMARTS) is 1. The van der Waals surface area contributed by atoms with Gasteiger partial charge in [0.05, 0.1) is 18.3 Å². The van der Waals surface area contributed by atoms with E-state index in [1.54, 1.807) is 12.1 Å². The van der Waals surface area contributed by atoms with E-state index in [2.05, 4.69) is 57.1 Å². The number of carbonyl (C=O) groups excluding carboxylic acids is 1. The number of nitrogens with one attached hydrogen (secondary N) is 2. The fraction of sp³-hybridized carbons (Fsp3) is 0.500. The van der Waals surface area contributed by atoms with Crippen LogP contribution >= 0.6 is 45.1 Å². The molecule has 384 valence electrons. The minimum absolute atomic E-state index is 0.0265. The first-order valence-electron chi connectivity index (χ1n) is 22.2. The largest absolute Gasteiger partial charge is 0.490 e. The number of H-pyrrole nitrogens is 1. The lowest BCUT2D eigenvalue weighted by Gasteiger charge is -2.39. The number of aromatic amines is 1. The van der Waals surface area contributed by atoms with E-state index >= 15 is 0 Å². The smallest absolute Gasteiger partial charge is 0.478 e. The summed E-state index contributed by atoms with van der Waals surface area (Å²) < 4.78 is 66.9. The summed E-state index contributed by atoms with van der Waals surface area (Å²) >= 11 is 0. The molecule has 0 saturated carbocycles. The Balaban J connectivity index is 1.12. The second-order valence-corrected chi connectivity index (χ2v) is 25.1. The van der Waals surface area contributed by atoms with E-state index in [1.807, 2.05) is 27.7 Å². The Bertz CT molecular complexity index is 2810. The maximum absolute atomic E-state index is 13.8. The highest BCUT2D eigenvalue weighted by Gasteiger charge is 2.44. The molecule has 8 atom stereocenters. The summed E-state index contributed by atoms with van der Waals surface area (Å²) in [6.45, 7) is 13.4. The zero-order valence-electron chi connectivity index (χ0n) is 39.4. The van der Waals surface area contributed by atoms with Gasteiger partial charge >= 0.3 is 35.1 Å². The van der Waals surface area contributed by atoms with Crippen LogP contribution in [0.4, 0.5) is 0 Å². The van der Waals surface area contributed by atoms with E-state index in [9.17, 15) is 47.8 Å². The maximum Gasteiger partial charge on any atom is 0.490 e. The number of hydrogen-bond acceptors (Lipinski definition) is 16. The van der Waals surface area contributed by atoms with Gasteiger partial charge in [0.15, 0.2) is 5.78 Å². The van der Waals surface area contributed by atoms with Gasteiger partial charge in [-0.3, -0.25) is 23.7 Å². The number of carbonyl (C=O) groups is 2. The molecule has 3 aliphatic rings. The number of allylic oxidation sites excluding steroid dienone is 1. The number of ether oxygens (including phenoxy) is 3. The van der Waals surface area contributed by atoms with Crippen molar-refractivity contribution in [2.75, 3.05) is 19.1 Å². The van der Waals surface area contributed by atoms with Crippen LogP contribution in [-0.2, 0) is 42.7 Å². The average molecular weight is 1070 g/mol. The summed E-state index contributed by atoms with van der Waals surface area (Å²) in [5.41, 5.74) is 3.79. The standard InChI is InChI=1S/C44H58N3O18P3S2/c1-8-10-27-18-35-31(15-24(27)3)40(32-16-25(4)33(45-9-2)19-36(32)62-35)29-12-11-28(17-30(29)42(50)51)34(48)13-14-44(6,7)70-69-23-60-37-20-39(47-21-26(5)41(49)46-43(47)52)63-38(37)22-61-67(56,57)65-68(58,59)64-66(53,54)55/h11-12,15-19,21,32-33,37-40,45H,8-10,13-14,20,22-23H2,1-7H3,(H,50,51)(H,56,57)(H,58,59)(H,46,49,52)(H2,53,54,55)/t32?,33?,37?,38-,39-,40?/m1/s1. The fourth-order valence-corrected chi connectivity index (χ4v) is 13.9. The Morgan fingerprint density at radius 3 is 2.37 bits per heavy atom. The Morgan fingerprint density at radius 2 is 1.70 bits per heavy atom. The number of likely N-dealkylation sites (N-methyl/N-ethyl adjacent to an activating group) is 1. The summed E-state index contributed by atoms with van der Waals surface area (Å²) in [4.78, 5) is 91.1. The van der Waals surface area contributed by atoms with Crippen molar-refractivity contribution in [3.05, 3.63) is 120 Å². The van der Waals surface area contributed by atoms with Gasteiger partial charge in [0, 0.05) is 58.4 Å². The van der Waals surface area contributed by atoms with Crippen LogP contribution in [0, 0.1) is 19.8 Å². The van der Waals surface area contributed by atoms with Gasteiger partial charge in [0.1, 0.15) is 29.8 Å². The number of benzene rings is 2. The molecule has 1 saturated heterocycles. The molecule has 6 unspecified atom stereocenters. The summed E-state index contributed by atoms with van der Waals surface area (Å²) in [5, 5.41) is 14.2. The number of nitrogens with zero attached hydrogens (tertiary/aromatic N) is 1. The highest BCUT2D eigenvalue weighted by Crippen LogP contribution is 2.66. The lowest BCUT2D eigenvalue weighted by molar-refractivity contribution is -0.0543. The molecular weight excluding hydrogens is 1020 g/mol. The van der Waals surface area contributed by atoms with Crippen molar-refractivity contribution in [2.24, 2.45) is 5.92 Å². The van der Waals surface area contributed by atoms with Gasteiger partial charge in [-0.1, -0.05) is 71.7 Å². The van der Waals surface area contributed by atoms with E-state index in [4.69, 9.17) is 28.5 Å². The molecule has 70 heavy (non-hydrogen) atoms. The number of aromatic carboxylic acids is 1. The first-order chi connectivity index (χ1) is 32.7. The second-order valence-electron chi connectivity index (χ2n) is 17.7. The highest BCUT2D eigenvalue weighted by molar-refractivity contribution is 8.77. The molecule has 6 rings (SSSR count). The monoisotopic (exact) mass is 1070 g/mol. The molecule has 26 heteroatoms. The number of aromatic nitrogens is 2. The zero-order chi connectivity index (χ0) is 51.5. The third-order valence-corrected chi connectivity index (χ3v) is 18.7. The quantitative estimate of drug-likeness (QED) is 0.0120. The molecule has 7 N–H and O–H groups in total. The number of fused-ring (bicyclic) bond motifs is 2. The van der Waals surface area contributed by atoms with E-state index in [0.29, 0.717) is 17.7 Å². The molecule has 1 aliphatic carbocycles. The van der Waals surface area contributed by atoms with Crippen LogP contribution < -0.4 is 21.3 Å². The predicted octanol–water partition coefficient (Wildman–Crippen LogP) is 7.56. The van der Waals surface area contributed by atoms with Gasteiger partial charge in [-0.2, -0.15) is 8.62 Å². The van der Waals surface area contributed by atoms with Crippen LogP contribution in [0.2, 0.25) is 0 Å². The number of Topliss-reactive ketones (excluding diaryl/α,β-unsaturated/α-hetero) is 1. The lowest BCUT2D eigenvalue weighted by atomic mass is 9.72. The van der Waals surface area contributed by atoms with Crippen LogP contribution in [0.15, 0.2) is 69.6 Å². The van der Waals surface area contributed by atoms with E-state index in [0.717, 1.165) is 52.0 Å². The number of carboxylic acids is 1. The summed E-state index contributed by atoms with van der Waals surface area (Å²) in [7, 11) is -14.3. The number of hydrogen-bond donors (Lipinski definition) is 7. The first-order valence-corrected chi connectivity index (χ1v) is 29.1. The first kappa shape index (κ1) is 55.8. The van der Waals surface area contributed by atoms with Crippen molar-refractivity contribution in [3.8, 4) is 5.75 Å². The predicted molar refractivity (Wildman–Crippen MR) is 261 cm³/mol. The Hall–Kier alpha value is -3.47. The van der Waals surface area contributed by atoms with E-state index in [-0.39, 0.29) is 53.2 Å². The van der Waals surface area contributed by atoms with Crippen molar-refractivity contribution in [1.29, 1.82) is 0 Å². The van der Waals surface area contributed by atoms with Crippen molar-refractivity contribution in [2.45, 2.75) is 116 Å². The molecule has 2 aliphatic heterocycles. The molecule has 0 bridgehead atoms. The number of phosphoric ester groups is 1. The van der Waals surface area contributed by atoms with Crippen LogP contribution in [0.3, 0.4) is 0 Å². The highest BCUT2D eigenvalue weighted by atomic mass is 33.1.